The highest BCUT2D eigenvalue weighted by Crippen LogP contribution is 2.30. The minimum Gasteiger partial charge on any atom is -0.411 e. The smallest absolute Gasteiger partial charge is 0.277 e. The van der Waals surface area contributed by atoms with E-state index >= 15 is 0 Å². The van der Waals surface area contributed by atoms with Gasteiger partial charge in [-0.3, -0.25) is 4.98 Å². The normalized spacial score (nSPS) is 10.9. The van der Waals surface area contributed by atoms with Crippen LogP contribution in [0.5, 0.6) is 0 Å². The molecule has 3 heterocycles. The largest absolute Gasteiger partial charge is 0.411 e. The molecule has 5 aromatic rings. The second-order valence-electron chi connectivity index (χ2n) is 6.55. The van der Waals surface area contributed by atoms with Crippen LogP contribution >= 0.6 is 11.8 Å². The van der Waals surface area contributed by atoms with Crippen molar-refractivity contribution in [2.75, 3.05) is 0 Å². The Morgan fingerprint density at radius 3 is 2.37 bits per heavy atom. The van der Waals surface area contributed by atoms with Gasteiger partial charge in [0, 0.05) is 35.5 Å². The number of aromatic nitrogens is 5. The first-order chi connectivity index (χ1) is 14.9. The molecule has 3 aromatic heterocycles. The number of hydrogen-bond donors (Lipinski definition) is 0. The van der Waals surface area contributed by atoms with Gasteiger partial charge < -0.3 is 4.42 Å². The van der Waals surface area contributed by atoms with Gasteiger partial charge in [0.25, 0.3) is 5.22 Å². The van der Waals surface area contributed by atoms with Crippen molar-refractivity contribution in [2.24, 2.45) is 0 Å². The standard InChI is InChI=1S/C23H17N5OS/c1-3-8-17(9-4-1)21-19(15-28(27-21)20-11-5-2-6-12-20)16-30-23-26-25-22(29-23)18-10-7-13-24-14-18/h1-15H,16H2. The van der Waals surface area contributed by atoms with E-state index in [0.717, 1.165) is 28.1 Å². The maximum Gasteiger partial charge on any atom is 0.277 e. The molecule has 6 nitrogen and oxygen atoms in total. The third-order valence-electron chi connectivity index (χ3n) is 4.52. The van der Waals surface area contributed by atoms with Crippen molar-refractivity contribution in [2.45, 2.75) is 11.0 Å². The second-order valence-corrected chi connectivity index (χ2v) is 7.48. The van der Waals surface area contributed by atoms with Crippen molar-refractivity contribution < 1.29 is 4.42 Å². The predicted octanol–water partition coefficient (Wildman–Crippen LogP) is 5.28. The van der Waals surface area contributed by atoms with Gasteiger partial charge in [0.2, 0.25) is 5.89 Å². The molecule has 2 aromatic carbocycles. The minimum atomic E-state index is 0.467. The monoisotopic (exact) mass is 411 g/mol. The summed E-state index contributed by atoms with van der Waals surface area (Å²) in [5, 5.41) is 13.7. The number of rotatable bonds is 6. The first-order valence-corrected chi connectivity index (χ1v) is 10.4. The number of nitrogens with zero attached hydrogens (tertiary/aromatic N) is 5. The van der Waals surface area contributed by atoms with Gasteiger partial charge in [0.05, 0.1) is 16.9 Å². The Labute approximate surface area is 177 Å². The fraction of sp³-hybridized carbons (Fsp3) is 0.0435. The molecule has 0 saturated carbocycles. The van der Waals surface area contributed by atoms with E-state index in [2.05, 4.69) is 33.5 Å². The predicted molar refractivity (Wildman–Crippen MR) is 116 cm³/mol. The van der Waals surface area contributed by atoms with Gasteiger partial charge in [-0.25, -0.2) is 4.68 Å². The summed E-state index contributed by atoms with van der Waals surface area (Å²) in [7, 11) is 0. The first kappa shape index (κ1) is 18.3. The molecule has 0 aliphatic rings. The molecule has 5 rings (SSSR count). The van der Waals surface area contributed by atoms with Crippen LogP contribution in [0.4, 0.5) is 0 Å². The Kier molecular flexibility index (Phi) is 5.10. The van der Waals surface area contributed by atoms with Crippen LogP contribution in [0.3, 0.4) is 0 Å². The van der Waals surface area contributed by atoms with Gasteiger partial charge in [-0.1, -0.05) is 60.3 Å². The fourth-order valence-electron chi connectivity index (χ4n) is 3.08. The molecule has 0 bridgehead atoms. The average molecular weight is 411 g/mol. The van der Waals surface area contributed by atoms with Crippen LogP contribution in [0.15, 0.2) is 101 Å². The van der Waals surface area contributed by atoms with E-state index in [1.165, 1.54) is 11.8 Å². The molecule has 0 radical (unpaired) electrons. The van der Waals surface area contributed by atoms with Gasteiger partial charge in [-0.2, -0.15) is 5.10 Å². The van der Waals surface area contributed by atoms with E-state index in [1.54, 1.807) is 12.4 Å². The molecule has 0 fully saturated rings. The summed E-state index contributed by atoms with van der Waals surface area (Å²) >= 11 is 1.49. The lowest BCUT2D eigenvalue weighted by Crippen LogP contribution is -1.93. The van der Waals surface area contributed by atoms with Crippen molar-refractivity contribution in [3.8, 4) is 28.4 Å². The zero-order chi connectivity index (χ0) is 20.2. The van der Waals surface area contributed by atoms with Crippen LogP contribution in [0.1, 0.15) is 5.56 Å². The highest BCUT2D eigenvalue weighted by atomic mass is 32.2. The average Bonchev–Trinajstić information content (AvgIpc) is 3.47. The van der Waals surface area contributed by atoms with E-state index in [9.17, 15) is 0 Å². The lowest BCUT2D eigenvalue weighted by molar-refractivity contribution is 0.465. The van der Waals surface area contributed by atoms with E-state index in [0.29, 0.717) is 16.9 Å². The van der Waals surface area contributed by atoms with Crippen LogP contribution in [0, 0.1) is 0 Å². The Balaban J connectivity index is 1.42. The topological polar surface area (TPSA) is 69.6 Å². The quantitative estimate of drug-likeness (QED) is 0.354. The third kappa shape index (κ3) is 3.88. The number of para-hydroxylation sites is 1. The highest BCUT2D eigenvalue weighted by Gasteiger charge is 2.15. The lowest BCUT2D eigenvalue weighted by Gasteiger charge is -2.01. The van der Waals surface area contributed by atoms with E-state index in [-0.39, 0.29) is 0 Å². The molecule has 0 aliphatic heterocycles. The molecule has 7 heteroatoms. The summed E-state index contributed by atoms with van der Waals surface area (Å²) in [6, 6.07) is 24.0. The van der Waals surface area contributed by atoms with Crippen molar-refractivity contribution in [3.63, 3.8) is 0 Å². The molecule has 0 unspecified atom stereocenters. The van der Waals surface area contributed by atoms with Crippen molar-refractivity contribution in [1.29, 1.82) is 0 Å². The maximum absolute atomic E-state index is 5.80. The number of thioether (sulfide) groups is 1. The second kappa shape index (κ2) is 8.34. The van der Waals surface area contributed by atoms with Crippen molar-refractivity contribution in [1.82, 2.24) is 25.0 Å². The molecule has 30 heavy (non-hydrogen) atoms. The van der Waals surface area contributed by atoms with Gasteiger partial charge in [0.1, 0.15) is 0 Å². The molecule has 0 N–H and O–H groups in total. The highest BCUT2D eigenvalue weighted by molar-refractivity contribution is 7.98. The molecule has 0 atom stereocenters. The van der Waals surface area contributed by atoms with Crippen LogP contribution in [0.2, 0.25) is 0 Å². The van der Waals surface area contributed by atoms with Crippen molar-refractivity contribution >= 4 is 11.8 Å². The van der Waals surface area contributed by atoms with E-state index < -0.39 is 0 Å². The van der Waals surface area contributed by atoms with Crippen LogP contribution in [-0.2, 0) is 5.75 Å². The zero-order valence-electron chi connectivity index (χ0n) is 15.9. The van der Waals surface area contributed by atoms with E-state index in [4.69, 9.17) is 9.52 Å². The lowest BCUT2D eigenvalue weighted by atomic mass is 10.1. The number of benzene rings is 2. The summed E-state index contributed by atoms with van der Waals surface area (Å²) in [5.41, 5.74) is 4.93. The van der Waals surface area contributed by atoms with Crippen LogP contribution in [-0.4, -0.2) is 25.0 Å². The molecule has 146 valence electrons. The molecule has 0 saturated heterocycles. The summed E-state index contributed by atoms with van der Waals surface area (Å²) in [6.45, 7) is 0. The SMILES string of the molecule is c1ccc(-c2nn(-c3ccccc3)cc2CSc2nnc(-c3cccnc3)o2)cc1. The maximum atomic E-state index is 5.80. The van der Waals surface area contributed by atoms with Crippen molar-refractivity contribution in [3.05, 3.63) is 97.0 Å². The van der Waals surface area contributed by atoms with Crippen LogP contribution < -0.4 is 0 Å². The molecule has 0 amide bonds. The van der Waals surface area contributed by atoms with Gasteiger partial charge in [0.15, 0.2) is 0 Å². The zero-order valence-corrected chi connectivity index (χ0v) is 16.7. The number of hydrogen-bond acceptors (Lipinski definition) is 6. The van der Waals surface area contributed by atoms with E-state index in [1.807, 2.05) is 65.3 Å². The van der Waals surface area contributed by atoms with Gasteiger partial charge in [-0.05, 0) is 24.3 Å². The molecule has 0 spiro atoms. The Hall–Kier alpha value is -3.71. The van der Waals surface area contributed by atoms with Gasteiger partial charge in [-0.15, -0.1) is 10.2 Å². The summed E-state index contributed by atoms with van der Waals surface area (Å²) in [4.78, 5) is 4.10. The van der Waals surface area contributed by atoms with Gasteiger partial charge >= 0.3 is 0 Å². The summed E-state index contributed by atoms with van der Waals surface area (Å²) < 4.78 is 7.71. The Morgan fingerprint density at radius 2 is 1.60 bits per heavy atom. The summed E-state index contributed by atoms with van der Waals surface area (Å²) in [6.07, 6.45) is 5.48. The third-order valence-corrected chi connectivity index (χ3v) is 5.39. The Morgan fingerprint density at radius 1 is 0.833 bits per heavy atom. The minimum absolute atomic E-state index is 0.467. The molecule has 0 aliphatic carbocycles. The fourth-order valence-corrected chi connectivity index (χ4v) is 3.81. The summed E-state index contributed by atoms with van der Waals surface area (Å²) in [5.74, 6) is 1.13. The Bertz CT molecular complexity index is 1240. The van der Waals surface area contributed by atoms with Crippen LogP contribution in [0.25, 0.3) is 28.4 Å². The molecular weight excluding hydrogens is 394 g/mol. The first-order valence-electron chi connectivity index (χ1n) is 9.43. The molecular formula is C23H17N5OS. The number of pyridine rings is 1.